The molecule has 4 aromatic rings. The summed E-state index contributed by atoms with van der Waals surface area (Å²) in [6.07, 6.45) is 11.1. The van der Waals surface area contributed by atoms with Gasteiger partial charge in [-0.3, -0.25) is 0 Å². The van der Waals surface area contributed by atoms with E-state index >= 15 is 0 Å². The third kappa shape index (κ3) is 5.17. The summed E-state index contributed by atoms with van der Waals surface area (Å²) in [5.41, 5.74) is 9.17. The van der Waals surface area contributed by atoms with Crippen molar-refractivity contribution in [3.63, 3.8) is 0 Å². The number of hydrogen-bond donors (Lipinski definition) is 3. The zero-order valence-electron chi connectivity index (χ0n) is 17.6. The molecule has 4 aromatic heterocycles. The van der Waals surface area contributed by atoms with E-state index in [4.69, 9.17) is 0 Å². The van der Waals surface area contributed by atoms with Gasteiger partial charge >= 0.3 is 0 Å². The Hall–Kier alpha value is -3.60. The van der Waals surface area contributed by atoms with Crippen molar-refractivity contribution in [3.05, 3.63) is 95.3 Å². The molecular formula is C26H23MnN5. The van der Waals surface area contributed by atoms with Gasteiger partial charge in [0.15, 0.2) is 0 Å². The quantitative estimate of drug-likeness (QED) is 0.255. The Kier molecular flexibility index (Phi) is 6.55. The summed E-state index contributed by atoms with van der Waals surface area (Å²) in [7, 11) is 0. The first-order valence-electron chi connectivity index (χ1n) is 10.4. The zero-order valence-corrected chi connectivity index (χ0v) is 18.8. The van der Waals surface area contributed by atoms with Crippen molar-refractivity contribution in [2.45, 2.75) is 13.3 Å². The standard InChI is InChI=1S/C20H14N4.C6H9N.Mn/c1-2-14-10-16-5-6-18(23-16)12-20-8-7-19(24-20)11-17-4-3-15(22-17)9-13(1)21-14;1-2-6-4-3-5-7-6;/h1-12,21,24H;3-5,7H,2H2,1H3;. The van der Waals surface area contributed by atoms with Crippen LogP contribution in [0.2, 0.25) is 0 Å². The number of aryl methyl sites for hydroxylation is 1. The van der Waals surface area contributed by atoms with Crippen molar-refractivity contribution < 1.29 is 17.1 Å². The molecule has 159 valence electrons. The maximum atomic E-state index is 4.63. The van der Waals surface area contributed by atoms with Crippen LogP contribution in [0.3, 0.4) is 0 Å². The number of fused-ring (bicyclic) bond motifs is 8. The van der Waals surface area contributed by atoms with Crippen LogP contribution >= 0.6 is 0 Å². The summed E-state index contributed by atoms with van der Waals surface area (Å²) in [6.45, 7) is 2.13. The molecule has 1 radical (unpaired) electrons. The molecule has 2 aliphatic heterocycles. The number of aromatic amines is 3. The Morgan fingerprint density at radius 3 is 1.31 bits per heavy atom. The molecule has 0 saturated carbocycles. The van der Waals surface area contributed by atoms with E-state index < -0.39 is 0 Å². The minimum atomic E-state index is 0. The molecule has 5 nitrogen and oxygen atoms in total. The molecule has 0 spiro atoms. The Morgan fingerprint density at radius 2 is 1.03 bits per heavy atom. The van der Waals surface area contributed by atoms with Crippen molar-refractivity contribution in [3.8, 4) is 0 Å². The molecule has 0 amide bonds. The Bertz CT molecular complexity index is 1250. The van der Waals surface area contributed by atoms with E-state index in [0.717, 1.165) is 51.3 Å². The number of H-pyrrole nitrogens is 3. The maximum Gasteiger partial charge on any atom is 0.0658 e. The van der Waals surface area contributed by atoms with Gasteiger partial charge in [-0.2, -0.15) is 0 Å². The van der Waals surface area contributed by atoms with E-state index in [-0.39, 0.29) is 17.1 Å². The summed E-state index contributed by atoms with van der Waals surface area (Å²) in [5, 5.41) is 0. The monoisotopic (exact) mass is 460 g/mol. The van der Waals surface area contributed by atoms with Crippen LogP contribution in [0.5, 0.6) is 0 Å². The number of nitrogens with zero attached hydrogens (tertiary/aromatic N) is 2. The normalized spacial score (nSPS) is 11.5. The number of hydrogen-bond acceptors (Lipinski definition) is 2. The number of rotatable bonds is 1. The van der Waals surface area contributed by atoms with Crippen LogP contribution in [0.25, 0.3) is 46.4 Å². The molecule has 2 aliphatic rings. The molecule has 32 heavy (non-hydrogen) atoms. The smallest absolute Gasteiger partial charge is 0.0658 e. The van der Waals surface area contributed by atoms with Gasteiger partial charge < -0.3 is 15.0 Å². The van der Waals surface area contributed by atoms with Gasteiger partial charge in [-0.25, -0.2) is 9.97 Å². The van der Waals surface area contributed by atoms with Gasteiger partial charge in [0.05, 0.1) is 22.8 Å². The fourth-order valence-electron chi connectivity index (χ4n) is 3.53. The summed E-state index contributed by atoms with van der Waals surface area (Å²) in [6, 6.07) is 20.5. The first-order valence-corrected chi connectivity index (χ1v) is 10.4. The number of nitrogens with one attached hydrogen (secondary N) is 3. The second-order valence-electron chi connectivity index (χ2n) is 7.45. The SMILES string of the molecule is C1=Cc2cc3ccc(cc4nc(cc5ccc(cc1n2)[nH]5)C=C4)[nH]3.CCc1ccc[nH]1.[Mn]. The van der Waals surface area contributed by atoms with Crippen LogP contribution in [0.1, 0.15) is 35.4 Å². The minimum absolute atomic E-state index is 0. The average Bonchev–Trinajstić information content (AvgIpc) is 3.57. The zero-order chi connectivity index (χ0) is 21.0. The molecule has 6 rings (SSSR count). The number of aromatic nitrogens is 5. The summed E-state index contributed by atoms with van der Waals surface area (Å²) < 4.78 is 0. The molecule has 6 heterocycles. The van der Waals surface area contributed by atoms with Gasteiger partial charge in [0.25, 0.3) is 0 Å². The Morgan fingerprint density at radius 1 is 0.625 bits per heavy atom. The summed E-state index contributed by atoms with van der Waals surface area (Å²) in [4.78, 5) is 19.1. The van der Waals surface area contributed by atoms with Gasteiger partial charge in [0, 0.05) is 51.0 Å². The van der Waals surface area contributed by atoms with Crippen LogP contribution in [0.4, 0.5) is 0 Å². The molecule has 3 N–H and O–H groups in total. The molecule has 0 saturated heterocycles. The van der Waals surface area contributed by atoms with Crippen LogP contribution in [-0.2, 0) is 23.5 Å². The third-order valence-electron chi connectivity index (χ3n) is 5.09. The molecular weight excluding hydrogens is 437 g/mol. The maximum absolute atomic E-state index is 4.63. The first-order chi connectivity index (χ1) is 15.2. The topological polar surface area (TPSA) is 73.2 Å². The summed E-state index contributed by atoms with van der Waals surface area (Å²) >= 11 is 0. The predicted octanol–water partition coefficient (Wildman–Crippen LogP) is 6.23. The fourth-order valence-corrected chi connectivity index (χ4v) is 3.53. The summed E-state index contributed by atoms with van der Waals surface area (Å²) in [5.74, 6) is 0. The van der Waals surface area contributed by atoms with Gasteiger partial charge in [-0.15, -0.1) is 0 Å². The van der Waals surface area contributed by atoms with Gasteiger partial charge in [0.2, 0.25) is 0 Å². The molecule has 0 aromatic carbocycles. The van der Waals surface area contributed by atoms with E-state index in [1.807, 2.05) is 60.8 Å². The molecule has 0 atom stereocenters. The Balaban J connectivity index is 0.000000265. The van der Waals surface area contributed by atoms with E-state index in [9.17, 15) is 0 Å². The minimum Gasteiger partial charge on any atom is -0.365 e. The van der Waals surface area contributed by atoms with E-state index in [0.29, 0.717) is 0 Å². The molecule has 6 heteroatoms. The van der Waals surface area contributed by atoms with Crippen molar-refractivity contribution in [1.29, 1.82) is 0 Å². The van der Waals surface area contributed by atoms with Gasteiger partial charge in [-0.05, 0) is 91.4 Å². The van der Waals surface area contributed by atoms with Crippen molar-refractivity contribution in [2.24, 2.45) is 0 Å². The van der Waals surface area contributed by atoms with E-state index in [2.05, 4.69) is 62.2 Å². The van der Waals surface area contributed by atoms with Crippen molar-refractivity contribution >= 4 is 46.4 Å². The second kappa shape index (κ2) is 9.69. The predicted molar refractivity (Wildman–Crippen MR) is 129 cm³/mol. The van der Waals surface area contributed by atoms with Gasteiger partial charge in [0.1, 0.15) is 0 Å². The molecule has 0 fully saturated rings. The van der Waals surface area contributed by atoms with Gasteiger partial charge in [-0.1, -0.05) is 6.92 Å². The fraction of sp³-hybridized carbons (Fsp3) is 0.0769. The van der Waals surface area contributed by atoms with E-state index in [1.165, 1.54) is 5.69 Å². The first kappa shape index (κ1) is 21.6. The second-order valence-corrected chi connectivity index (χ2v) is 7.45. The van der Waals surface area contributed by atoms with Crippen molar-refractivity contribution in [2.75, 3.05) is 0 Å². The van der Waals surface area contributed by atoms with Crippen LogP contribution in [0.15, 0.2) is 66.9 Å². The van der Waals surface area contributed by atoms with Crippen LogP contribution in [0, 0.1) is 0 Å². The Labute approximate surface area is 196 Å². The average molecular weight is 460 g/mol. The van der Waals surface area contributed by atoms with Crippen molar-refractivity contribution in [1.82, 2.24) is 24.9 Å². The molecule has 0 unspecified atom stereocenters. The van der Waals surface area contributed by atoms with E-state index in [1.54, 1.807) is 0 Å². The van der Waals surface area contributed by atoms with Crippen LogP contribution in [-0.4, -0.2) is 24.9 Å². The third-order valence-corrected chi connectivity index (χ3v) is 5.09. The largest absolute Gasteiger partial charge is 0.365 e. The van der Waals surface area contributed by atoms with Crippen LogP contribution < -0.4 is 0 Å². The molecule has 0 aliphatic carbocycles. The molecule has 8 bridgehead atoms.